The lowest BCUT2D eigenvalue weighted by Crippen LogP contribution is -2.62. The van der Waals surface area contributed by atoms with Crippen molar-refractivity contribution >= 4 is 12.4 Å². The molecule has 2 aromatic carbocycles. The number of aromatic nitrogens is 2. The molecular weight excluding hydrogens is 528 g/mol. The summed E-state index contributed by atoms with van der Waals surface area (Å²) < 4.78 is 1.60. The van der Waals surface area contributed by atoms with E-state index in [1.165, 1.54) is 38.5 Å². The topological polar surface area (TPSA) is 84.7 Å². The molecule has 0 saturated heterocycles. The molecule has 6 heteroatoms. The lowest BCUT2D eigenvalue weighted by molar-refractivity contribution is -0.104. The summed E-state index contributed by atoms with van der Waals surface area (Å²) in [5, 5.41) is 9.47. The van der Waals surface area contributed by atoms with Gasteiger partial charge in [-0.2, -0.15) is 5.26 Å². The normalized spacial score (nSPS) is 27.2. The Morgan fingerprint density at radius 3 is 2.15 bits per heavy atom. The molecule has 0 radical (unpaired) electrons. The second-order valence-corrected chi connectivity index (χ2v) is 13.0. The third-order valence-electron chi connectivity index (χ3n) is 9.02. The van der Waals surface area contributed by atoms with Crippen LogP contribution in [0.2, 0.25) is 0 Å². The zero-order chi connectivity index (χ0) is 28.0. The van der Waals surface area contributed by atoms with Crippen LogP contribution < -0.4 is 11.3 Å². The number of nitrogens with zero attached hydrogens (tertiary/aromatic N) is 3. The Balaban J connectivity index is 0.000000201. The molecule has 4 aromatic rings. The fourth-order valence-electron chi connectivity index (χ4n) is 8.58. The van der Waals surface area contributed by atoms with Crippen molar-refractivity contribution < 1.29 is 0 Å². The number of rotatable bonds is 3. The van der Waals surface area contributed by atoms with Crippen LogP contribution in [0.25, 0.3) is 28.1 Å². The summed E-state index contributed by atoms with van der Waals surface area (Å²) >= 11 is 0. The number of halogens is 1. The largest absolute Gasteiger partial charge is 0.325 e. The first-order valence-corrected chi connectivity index (χ1v) is 14.2. The lowest BCUT2D eigenvalue weighted by Gasteiger charge is -2.64. The minimum Gasteiger partial charge on any atom is -0.325 e. The standard InChI is InChI=1S/C23H15N3O.C12H21N.ClH/c24-15-17-8-4-5-11-20(17)21-14-18(22-12-6-7-13-25-22)16-26(23(21)27)19-9-2-1-3-10-19;1-10-3-9-4-11(2,6-10)8-12(13,5-9)7-10;/h1-14,16H;9H,3-8,13H2,1-2H3;1H/t;9?,10-,11+,12?;. The number of pyridine rings is 2. The van der Waals surface area contributed by atoms with E-state index >= 15 is 0 Å². The molecule has 4 fully saturated rings. The van der Waals surface area contributed by atoms with Crippen molar-refractivity contribution in [2.45, 2.75) is 57.9 Å². The molecule has 0 spiro atoms. The van der Waals surface area contributed by atoms with Crippen molar-refractivity contribution in [3.05, 3.63) is 107 Å². The molecular formula is C35H37ClN4O. The molecule has 210 valence electrons. The van der Waals surface area contributed by atoms with Gasteiger partial charge in [-0.1, -0.05) is 56.3 Å². The Morgan fingerprint density at radius 2 is 1.54 bits per heavy atom. The highest BCUT2D eigenvalue weighted by Crippen LogP contribution is 2.65. The van der Waals surface area contributed by atoms with E-state index < -0.39 is 0 Å². The van der Waals surface area contributed by atoms with Crippen molar-refractivity contribution in [1.29, 1.82) is 5.26 Å². The van der Waals surface area contributed by atoms with Crippen molar-refractivity contribution in [3.8, 4) is 34.1 Å². The van der Waals surface area contributed by atoms with E-state index in [0.29, 0.717) is 27.5 Å². The van der Waals surface area contributed by atoms with Gasteiger partial charge in [0, 0.05) is 40.3 Å². The minimum absolute atomic E-state index is 0. The SMILES string of the molecule is C[C@]12CC3CC(N)(C1)C[C@@](C)(C3)C2.Cl.N#Cc1ccccc1-c1cc(-c2ccccn2)cn(-c2ccccc2)c1=O. The molecule has 5 nitrogen and oxygen atoms in total. The first kappa shape index (κ1) is 28.8. The van der Waals surface area contributed by atoms with Crippen LogP contribution in [0.4, 0.5) is 0 Å². The fraction of sp³-hybridized carbons (Fsp3) is 0.343. The molecule has 2 aromatic heterocycles. The molecule has 4 saturated carbocycles. The summed E-state index contributed by atoms with van der Waals surface area (Å²) in [5.41, 5.74) is 11.6. The Morgan fingerprint density at radius 1 is 0.878 bits per heavy atom. The highest BCUT2D eigenvalue weighted by Gasteiger charge is 2.58. The summed E-state index contributed by atoms with van der Waals surface area (Å²) in [5.74, 6) is 0.955. The molecule has 2 heterocycles. The highest BCUT2D eigenvalue weighted by molar-refractivity contribution is 5.85. The van der Waals surface area contributed by atoms with Gasteiger partial charge in [0.15, 0.2) is 0 Å². The zero-order valence-corrected chi connectivity index (χ0v) is 24.5. The van der Waals surface area contributed by atoms with Gasteiger partial charge in [-0.25, -0.2) is 0 Å². The van der Waals surface area contributed by atoms with E-state index in [0.717, 1.165) is 22.9 Å². The first-order chi connectivity index (χ1) is 19.2. The Bertz CT molecular complexity index is 1590. The average molecular weight is 565 g/mol. The van der Waals surface area contributed by atoms with E-state index in [1.807, 2.05) is 54.6 Å². The zero-order valence-electron chi connectivity index (χ0n) is 23.7. The van der Waals surface area contributed by atoms with Gasteiger partial charge in [-0.3, -0.25) is 14.3 Å². The third-order valence-corrected chi connectivity index (χ3v) is 9.02. The second-order valence-electron chi connectivity index (χ2n) is 13.0. The summed E-state index contributed by atoms with van der Waals surface area (Å²) in [7, 11) is 0. The number of nitrogens with two attached hydrogens (primary N) is 1. The second kappa shape index (κ2) is 10.9. The van der Waals surface area contributed by atoms with Crippen molar-refractivity contribution in [2.75, 3.05) is 0 Å². The summed E-state index contributed by atoms with van der Waals surface area (Å²) in [6.07, 6.45) is 11.8. The van der Waals surface area contributed by atoms with Crippen LogP contribution in [0.1, 0.15) is 57.9 Å². The molecule has 2 N–H and O–H groups in total. The maximum Gasteiger partial charge on any atom is 0.263 e. The average Bonchev–Trinajstić information content (AvgIpc) is 2.92. The molecule has 2 unspecified atom stereocenters. The number of benzene rings is 2. The van der Waals surface area contributed by atoms with Crippen molar-refractivity contribution in [2.24, 2.45) is 22.5 Å². The van der Waals surface area contributed by atoms with Gasteiger partial charge in [0.2, 0.25) is 0 Å². The molecule has 4 bridgehead atoms. The van der Waals surface area contributed by atoms with E-state index in [9.17, 15) is 10.1 Å². The quantitative estimate of drug-likeness (QED) is 0.278. The highest BCUT2D eigenvalue weighted by atomic mass is 35.5. The molecule has 0 amide bonds. The summed E-state index contributed by atoms with van der Waals surface area (Å²) in [4.78, 5) is 17.7. The maximum atomic E-state index is 13.3. The van der Waals surface area contributed by atoms with E-state index in [1.54, 1.807) is 41.2 Å². The predicted octanol–water partition coefficient (Wildman–Crippen LogP) is 7.55. The van der Waals surface area contributed by atoms with Gasteiger partial charge in [0.25, 0.3) is 5.56 Å². The lowest BCUT2D eigenvalue weighted by atomic mass is 9.43. The van der Waals surface area contributed by atoms with Crippen LogP contribution in [0.15, 0.2) is 96.1 Å². The number of para-hydroxylation sites is 1. The van der Waals surface area contributed by atoms with Crippen molar-refractivity contribution in [3.63, 3.8) is 0 Å². The fourth-order valence-corrected chi connectivity index (χ4v) is 8.58. The van der Waals surface area contributed by atoms with Gasteiger partial charge in [0.1, 0.15) is 0 Å². The molecule has 4 atom stereocenters. The van der Waals surface area contributed by atoms with Crippen LogP contribution in [-0.2, 0) is 0 Å². The van der Waals surface area contributed by atoms with Gasteiger partial charge in [-0.05, 0) is 91.7 Å². The Kier molecular flexibility index (Phi) is 7.68. The summed E-state index contributed by atoms with van der Waals surface area (Å²) in [6, 6.07) is 26.2. The van der Waals surface area contributed by atoms with Gasteiger partial charge in [0.05, 0.1) is 17.3 Å². The number of hydrogen-bond donors (Lipinski definition) is 1. The molecule has 0 aliphatic heterocycles. The van der Waals surface area contributed by atoms with Crippen LogP contribution in [0.3, 0.4) is 0 Å². The van der Waals surface area contributed by atoms with Crippen LogP contribution >= 0.6 is 12.4 Å². The number of nitriles is 1. The molecule has 4 aliphatic rings. The molecule has 8 rings (SSSR count). The first-order valence-electron chi connectivity index (χ1n) is 14.2. The smallest absolute Gasteiger partial charge is 0.263 e. The Hall–Kier alpha value is -3.72. The van der Waals surface area contributed by atoms with Gasteiger partial charge >= 0.3 is 0 Å². The number of hydrogen-bond acceptors (Lipinski definition) is 4. The maximum absolute atomic E-state index is 13.3. The Labute approximate surface area is 248 Å². The van der Waals surface area contributed by atoms with Gasteiger partial charge < -0.3 is 5.73 Å². The van der Waals surface area contributed by atoms with Gasteiger partial charge in [-0.15, -0.1) is 12.4 Å². The predicted molar refractivity (Wildman–Crippen MR) is 167 cm³/mol. The summed E-state index contributed by atoms with van der Waals surface area (Å²) in [6.45, 7) is 4.94. The van der Waals surface area contributed by atoms with E-state index in [2.05, 4.69) is 24.9 Å². The van der Waals surface area contributed by atoms with Crippen molar-refractivity contribution in [1.82, 2.24) is 9.55 Å². The van der Waals surface area contributed by atoms with Crippen LogP contribution in [0, 0.1) is 28.1 Å². The van der Waals surface area contributed by atoms with Crippen LogP contribution in [0.5, 0.6) is 0 Å². The van der Waals surface area contributed by atoms with E-state index in [-0.39, 0.29) is 23.5 Å². The van der Waals surface area contributed by atoms with E-state index in [4.69, 9.17) is 5.73 Å². The third kappa shape index (κ3) is 5.73. The van der Waals surface area contributed by atoms with Crippen LogP contribution in [-0.4, -0.2) is 15.1 Å². The molecule has 41 heavy (non-hydrogen) atoms. The minimum atomic E-state index is -0.177. The molecule has 4 aliphatic carbocycles. The monoisotopic (exact) mass is 564 g/mol.